The van der Waals surface area contributed by atoms with Crippen molar-refractivity contribution in [2.24, 2.45) is 0 Å². The van der Waals surface area contributed by atoms with E-state index in [9.17, 15) is 14.7 Å². The number of benzene rings is 2. The van der Waals surface area contributed by atoms with Crippen LogP contribution in [0.25, 0.3) is 0 Å². The topological polar surface area (TPSA) is 63.6 Å². The number of aliphatic carboxylic acids is 1. The summed E-state index contributed by atoms with van der Waals surface area (Å²) in [4.78, 5) is 23.9. The fourth-order valence-electron chi connectivity index (χ4n) is 2.53. The summed E-state index contributed by atoms with van der Waals surface area (Å²) in [6.07, 6.45) is -0.367. The Morgan fingerprint density at radius 3 is 1.71 bits per heavy atom. The second-order valence-electron chi connectivity index (χ2n) is 4.70. The van der Waals surface area contributed by atoms with Crippen LogP contribution in [0.5, 0.6) is 0 Å². The molecule has 0 saturated carbocycles. The molecule has 0 aliphatic heterocycles. The van der Waals surface area contributed by atoms with Crippen molar-refractivity contribution in [3.05, 3.63) is 71.8 Å². The highest BCUT2D eigenvalue weighted by molar-refractivity contribution is 5.92. The maximum Gasteiger partial charge on any atom is 0.321 e. The van der Waals surface area contributed by atoms with E-state index in [0.29, 0.717) is 11.1 Å². The van der Waals surface area contributed by atoms with Crippen LogP contribution in [0.2, 0.25) is 0 Å². The van der Waals surface area contributed by atoms with Gasteiger partial charge in [-0.1, -0.05) is 60.7 Å². The molecule has 0 fully saturated rings. The first-order valence-corrected chi connectivity index (χ1v) is 6.52. The number of esters is 1. The quantitative estimate of drug-likeness (QED) is 0.857. The molecule has 0 unspecified atom stereocenters. The number of carbonyl (C=O) groups is 2. The maximum absolute atomic E-state index is 12.5. The van der Waals surface area contributed by atoms with Crippen LogP contribution < -0.4 is 0 Å². The highest BCUT2D eigenvalue weighted by atomic mass is 16.5. The summed E-state index contributed by atoms with van der Waals surface area (Å²) in [5, 5.41) is 9.31. The summed E-state index contributed by atoms with van der Waals surface area (Å²) < 4.78 is 4.92. The van der Waals surface area contributed by atoms with Crippen LogP contribution in [0.3, 0.4) is 0 Å². The average Bonchev–Trinajstić information content (AvgIpc) is 2.53. The molecule has 2 rings (SSSR count). The van der Waals surface area contributed by atoms with Gasteiger partial charge in [0.25, 0.3) is 0 Å². The number of methoxy groups -OCH3 is 1. The average molecular weight is 284 g/mol. The molecular weight excluding hydrogens is 268 g/mol. The van der Waals surface area contributed by atoms with E-state index in [2.05, 4.69) is 0 Å². The summed E-state index contributed by atoms with van der Waals surface area (Å²) in [7, 11) is 1.27. The zero-order valence-electron chi connectivity index (χ0n) is 11.7. The van der Waals surface area contributed by atoms with Crippen LogP contribution in [0.15, 0.2) is 60.7 Å². The third-order valence-corrected chi connectivity index (χ3v) is 3.48. The minimum Gasteiger partial charge on any atom is -0.481 e. The van der Waals surface area contributed by atoms with Gasteiger partial charge in [0, 0.05) is 0 Å². The van der Waals surface area contributed by atoms with Gasteiger partial charge in [-0.15, -0.1) is 0 Å². The second-order valence-corrected chi connectivity index (χ2v) is 4.70. The van der Waals surface area contributed by atoms with Gasteiger partial charge < -0.3 is 9.84 Å². The van der Waals surface area contributed by atoms with Crippen LogP contribution in [0, 0.1) is 0 Å². The van der Waals surface area contributed by atoms with Crippen molar-refractivity contribution in [1.29, 1.82) is 0 Å². The Bertz CT molecular complexity index is 580. The zero-order chi connectivity index (χ0) is 15.3. The highest BCUT2D eigenvalue weighted by Crippen LogP contribution is 2.37. The molecule has 0 saturated heterocycles. The number of hydrogen-bond donors (Lipinski definition) is 1. The minimum absolute atomic E-state index is 0.367. The summed E-state index contributed by atoms with van der Waals surface area (Å²) in [5.41, 5.74) is -0.140. The highest BCUT2D eigenvalue weighted by Gasteiger charge is 2.45. The first-order chi connectivity index (χ1) is 10.1. The van der Waals surface area contributed by atoms with E-state index in [-0.39, 0.29) is 6.42 Å². The molecule has 2 aromatic carbocycles. The lowest BCUT2D eigenvalue weighted by Gasteiger charge is -2.30. The Kier molecular flexibility index (Phi) is 4.38. The van der Waals surface area contributed by atoms with Crippen LogP contribution in [-0.2, 0) is 19.7 Å². The SMILES string of the molecule is COC(=O)C(CC(=O)O)(c1ccccc1)c1ccccc1. The van der Waals surface area contributed by atoms with E-state index in [4.69, 9.17) is 4.74 Å². The molecule has 0 atom stereocenters. The number of ether oxygens (including phenoxy) is 1. The number of hydrogen-bond acceptors (Lipinski definition) is 3. The fraction of sp³-hybridized carbons (Fsp3) is 0.176. The fourth-order valence-corrected chi connectivity index (χ4v) is 2.53. The Morgan fingerprint density at radius 2 is 1.38 bits per heavy atom. The lowest BCUT2D eigenvalue weighted by molar-refractivity contribution is -0.151. The molecule has 4 nitrogen and oxygen atoms in total. The molecule has 2 aromatic rings. The van der Waals surface area contributed by atoms with Gasteiger partial charge in [-0.2, -0.15) is 0 Å². The van der Waals surface area contributed by atoms with Gasteiger partial charge in [0.05, 0.1) is 13.5 Å². The van der Waals surface area contributed by atoms with Gasteiger partial charge in [-0.3, -0.25) is 9.59 Å². The number of rotatable bonds is 5. The first kappa shape index (κ1) is 14.8. The van der Waals surface area contributed by atoms with Crippen molar-refractivity contribution >= 4 is 11.9 Å². The summed E-state index contributed by atoms with van der Waals surface area (Å²) >= 11 is 0. The van der Waals surface area contributed by atoms with Gasteiger partial charge in [0.1, 0.15) is 5.41 Å². The predicted molar refractivity (Wildman–Crippen MR) is 77.9 cm³/mol. The summed E-state index contributed by atoms with van der Waals surface area (Å²) in [5.74, 6) is -1.64. The molecule has 0 spiro atoms. The molecule has 1 N–H and O–H groups in total. The van der Waals surface area contributed by atoms with Gasteiger partial charge in [-0.05, 0) is 11.1 Å². The number of carboxylic acid groups (broad SMARTS) is 1. The first-order valence-electron chi connectivity index (χ1n) is 6.52. The monoisotopic (exact) mass is 284 g/mol. The van der Waals surface area contributed by atoms with Crippen molar-refractivity contribution in [2.45, 2.75) is 11.8 Å². The Hall–Kier alpha value is -2.62. The smallest absolute Gasteiger partial charge is 0.321 e. The van der Waals surface area contributed by atoms with E-state index in [0.717, 1.165) is 0 Å². The van der Waals surface area contributed by atoms with Crippen molar-refractivity contribution in [3.8, 4) is 0 Å². The number of carbonyl (C=O) groups excluding carboxylic acids is 1. The van der Waals surface area contributed by atoms with E-state index >= 15 is 0 Å². The van der Waals surface area contributed by atoms with E-state index in [1.807, 2.05) is 12.1 Å². The molecule has 0 aromatic heterocycles. The third kappa shape index (κ3) is 2.79. The minimum atomic E-state index is -1.34. The molecule has 0 aliphatic rings. The molecule has 0 heterocycles. The molecular formula is C17H16O4. The lowest BCUT2D eigenvalue weighted by atomic mass is 9.72. The number of carboxylic acids is 1. The van der Waals surface area contributed by atoms with Crippen LogP contribution in [0.4, 0.5) is 0 Å². The Balaban J connectivity index is 2.71. The van der Waals surface area contributed by atoms with Gasteiger partial charge >= 0.3 is 11.9 Å². The van der Waals surface area contributed by atoms with Crippen LogP contribution >= 0.6 is 0 Å². The van der Waals surface area contributed by atoms with Gasteiger partial charge in [0.2, 0.25) is 0 Å². The van der Waals surface area contributed by atoms with Crippen LogP contribution in [0.1, 0.15) is 17.5 Å². The summed E-state index contributed by atoms with van der Waals surface area (Å²) in [6.45, 7) is 0. The third-order valence-electron chi connectivity index (χ3n) is 3.48. The Morgan fingerprint density at radius 1 is 0.952 bits per heavy atom. The van der Waals surface area contributed by atoms with E-state index in [1.165, 1.54) is 7.11 Å². The summed E-state index contributed by atoms with van der Waals surface area (Å²) in [6, 6.07) is 17.7. The molecule has 0 bridgehead atoms. The predicted octanol–water partition coefficient (Wildman–Crippen LogP) is 2.62. The van der Waals surface area contributed by atoms with E-state index < -0.39 is 17.4 Å². The van der Waals surface area contributed by atoms with Crippen molar-refractivity contribution < 1.29 is 19.4 Å². The van der Waals surface area contributed by atoms with E-state index in [1.54, 1.807) is 48.5 Å². The molecule has 0 amide bonds. The molecule has 108 valence electrons. The lowest BCUT2D eigenvalue weighted by Crippen LogP contribution is -2.40. The maximum atomic E-state index is 12.5. The van der Waals surface area contributed by atoms with Gasteiger partial charge in [0.15, 0.2) is 0 Å². The second kappa shape index (κ2) is 6.22. The Labute approximate surface area is 123 Å². The normalized spacial score (nSPS) is 10.9. The largest absolute Gasteiger partial charge is 0.481 e. The molecule has 4 heteroatoms. The standard InChI is InChI=1S/C17H16O4/c1-21-16(20)17(12-15(18)19,13-8-4-2-5-9-13)14-10-6-3-7-11-14/h2-11H,12H2,1H3,(H,18,19). The zero-order valence-corrected chi connectivity index (χ0v) is 11.7. The molecule has 21 heavy (non-hydrogen) atoms. The van der Waals surface area contributed by atoms with Crippen LogP contribution in [-0.4, -0.2) is 24.2 Å². The van der Waals surface area contributed by atoms with Crippen molar-refractivity contribution in [3.63, 3.8) is 0 Å². The van der Waals surface area contributed by atoms with Crippen molar-refractivity contribution in [1.82, 2.24) is 0 Å². The molecule has 0 radical (unpaired) electrons. The molecule has 0 aliphatic carbocycles. The van der Waals surface area contributed by atoms with Crippen molar-refractivity contribution in [2.75, 3.05) is 7.11 Å². The van der Waals surface area contributed by atoms with Gasteiger partial charge in [-0.25, -0.2) is 0 Å².